The van der Waals surface area contributed by atoms with E-state index in [1.54, 1.807) is 11.3 Å². The normalized spacial score (nSPS) is 12.6. The van der Waals surface area contributed by atoms with E-state index in [0.717, 1.165) is 44.0 Å². The number of aromatic nitrogens is 3. The average molecular weight is 378 g/mol. The van der Waals surface area contributed by atoms with Gasteiger partial charge in [-0.2, -0.15) is 0 Å². The second kappa shape index (κ2) is 7.14. The highest BCUT2D eigenvalue weighted by Crippen LogP contribution is 2.38. The monoisotopic (exact) mass is 377 g/mol. The fraction of sp³-hybridized carbons (Fsp3) is 0.389. The topological polar surface area (TPSA) is 68.0 Å². The van der Waals surface area contributed by atoms with Crippen LogP contribution in [0.5, 0.6) is 0 Å². The smallest absolute Gasteiger partial charge is 0.304 e. The lowest BCUT2D eigenvalue weighted by molar-refractivity contribution is -0.137. The maximum Gasteiger partial charge on any atom is 0.304 e. The second-order valence-corrected chi connectivity index (χ2v) is 7.62. The number of halogens is 1. The van der Waals surface area contributed by atoms with Crippen LogP contribution in [0.2, 0.25) is 0 Å². The number of thiophene rings is 1. The number of benzene rings is 1. The van der Waals surface area contributed by atoms with Crippen LogP contribution in [-0.2, 0) is 17.2 Å². The van der Waals surface area contributed by atoms with E-state index >= 15 is 0 Å². The molecule has 0 aliphatic rings. The van der Waals surface area contributed by atoms with E-state index in [9.17, 15) is 9.90 Å². The highest BCUT2D eigenvalue weighted by atomic mass is 35.5. The molecule has 0 fully saturated rings. The number of rotatable bonds is 6. The SMILES string of the molecule is CCn1nnc2c(C)c(C(CC(=O)O)c3cc(CCl)c(C)s3)ccc21. The molecule has 0 amide bonds. The van der Waals surface area contributed by atoms with Crippen molar-refractivity contribution in [2.75, 3.05) is 0 Å². The largest absolute Gasteiger partial charge is 0.481 e. The Morgan fingerprint density at radius 3 is 2.76 bits per heavy atom. The zero-order chi connectivity index (χ0) is 18.1. The molecule has 0 aliphatic carbocycles. The molecular formula is C18H20ClN3O2S. The molecule has 0 saturated carbocycles. The van der Waals surface area contributed by atoms with Gasteiger partial charge in [0, 0.05) is 28.1 Å². The minimum atomic E-state index is -0.819. The van der Waals surface area contributed by atoms with Crippen LogP contribution in [0.25, 0.3) is 11.0 Å². The predicted molar refractivity (Wildman–Crippen MR) is 101 cm³/mol. The standard InChI is InChI=1S/C18H20ClN3O2S/c1-4-22-15-6-5-13(10(2)18(15)20-21-22)14(8-17(23)24)16-7-12(9-19)11(3)25-16/h5-7,14H,4,8-9H2,1-3H3,(H,23,24). The van der Waals surface area contributed by atoms with Gasteiger partial charge in [0.25, 0.3) is 0 Å². The first-order valence-corrected chi connectivity index (χ1v) is 9.51. The Hall–Kier alpha value is -1.92. The number of carbonyl (C=O) groups is 1. The van der Waals surface area contributed by atoms with Crippen LogP contribution in [0.1, 0.15) is 45.7 Å². The van der Waals surface area contributed by atoms with Crippen LogP contribution in [-0.4, -0.2) is 26.1 Å². The van der Waals surface area contributed by atoms with Crippen LogP contribution in [0.3, 0.4) is 0 Å². The van der Waals surface area contributed by atoms with Gasteiger partial charge in [0.1, 0.15) is 5.52 Å². The minimum absolute atomic E-state index is 0.0376. The lowest BCUT2D eigenvalue weighted by atomic mass is 9.89. The Morgan fingerprint density at radius 1 is 1.40 bits per heavy atom. The summed E-state index contributed by atoms with van der Waals surface area (Å²) >= 11 is 7.62. The van der Waals surface area contributed by atoms with Crippen LogP contribution >= 0.6 is 22.9 Å². The van der Waals surface area contributed by atoms with E-state index in [4.69, 9.17) is 11.6 Å². The molecule has 25 heavy (non-hydrogen) atoms. The molecule has 1 N–H and O–H groups in total. The van der Waals surface area contributed by atoms with E-state index in [2.05, 4.69) is 10.3 Å². The van der Waals surface area contributed by atoms with Gasteiger partial charge in [0.05, 0.1) is 11.9 Å². The molecule has 3 aromatic rings. The molecule has 0 radical (unpaired) electrons. The molecule has 1 atom stereocenters. The molecule has 0 spiro atoms. The fourth-order valence-corrected chi connectivity index (χ4v) is 4.71. The second-order valence-electron chi connectivity index (χ2n) is 6.07. The minimum Gasteiger partial charge on any atom is -0.481 e. The first kappa shape index (κ1) is 17.9. The van der Waals surface area contributed by atoms with Crippen molar-refractivity contribution in [1.29, 1.82) is 0 Å². The number of nitrogens with zero attached hydrogens (tertiary/aromatic N) is 3. The maximum absolute atomic E-state index is 11.5. The van der Waals surface area contributed by atoms with Crippen molar-refractivity contribution < 1.29 is 9.90 Å². The van der Waals surface area contributed by atoms with Crippen LogP contribution in [0.15, 0.2) is 18.2 Å². The summed E-state index contributed by atoms with van der Waals surface area (Å²) in [6.45, 7) is 6.78. The van der Waals surface area contributed by atoms with E-state index in [-0.39, 0.29) is 12.3 Å². The Bertz CT molecular complexity index is 932. The predicted octanol–water partition coefficient (Wildman–Crippen LogP) is 4.47. The van der Waals surface area contributed by atoms with Gasteiger partial charge in [-0.05, 0) is 49.6 Å². The van der Waals surface area contributed by atoms with Gasteiger partial charge < -0.3 is 5.11 Å². The fourth-order valence-electron chi connectivity index (χ4n) is 3.18. The zero-order valence-electron chi connectivity index (χ0n) is 14.4. The maximum atomic E-state index is 11.5. The molecule has 0 saturated heterocycles. The van der Waals surface area contributed by atoms with Crippen LogP contribution < -0.4 is 0 Å². The Kier molecular flexibility index (Phi) is 5.11. The third kappa shape index (κ3) is 3.28. The van der Waals surface area contributed by atoms with E-state index < -0.39 is 5.97 Å². The molecule has 2 aromatic heterocycles. The summed E-state index contributed by atoms with van der Waals surface area (Å²) in [4.78, 5) is 13.7. The van der Waals surface area contributed by atoms with E-state index in [1.165, 1.54) is 0 Å². The molecule has 1 unspecified atom stereocenters. The van der Waals surface area contributed by atoms with Crippen molar-refractivity contribution in [3.8, 4) is 0 Å². The zero-order valence-corrected chi connectivity index (χ0v) is 16.0. The highest BCUT2D eigenvalue weighted by Gasteiger charge is 2.24. The van der Waals surface area contributed by atoms with Gasteiger partial charge in [0.15, 0.2) is 0 Å². The lowest BCUT2D eigenvalue weighted by Crippen LogP contribution is -2.08. The van der Waals surface area contributed by atoms with Crippen molar-refractivity contribution >= 4 is 39.9 Å². The molecule has 2 heterocycles. The summed E-state index contributed by atoms with van der Waals surface area (Å²) in [5, 5.41) is 17.9. The Morgan fingerprint density at radius 2 is 2.16 bits per heavy atom. The van der Waals surface area contributed by atoms with Crippen molar-refractivity contribution in [2.45, 2.75) is 45.5 Å². The van der Waals surface area contributed by atoms with Gasteiger partial charge in [-0.3, -0.25) is 4.79 Å². The first-order chi connectivity index (χ1) is 12.0. The van der Waals surface area contributed by atoms with Crippen molar-refractivity contribution in [1.82, 2.24) is 15.0 Å². The molecule has 0 aliphatic heterocycles. The molecule has 0 bridgehead atoms. The quantitative estimate of drug-likeness (QED) is 0.643. The molecular weight excluding hydrogens is 358 g/mol. The lowest BCUT2D eigenvalue weighted by Gasteiger charge is -2.17. The summed E-state index contributed by atoms with van der Waals surface area (Å²) < 4.78 is 1.85. The van der Waals surface area contributed by atoms with Gasteiger partial charge in [-0.1, -0.05) is 11.3 Å². The molecule has 5 nitrogen and oxygen atoms in total. The number of fused-ring (bicyclic) bond motifs is 1. The molecule has 7 heteroatoms. The molecule has 3 rings (SSSR count). The number of carboxylic acid groups (broad SMARTS) is 1. The Labute approximate surface area is 155 Å². The van der Waals surface area contributed by atoms with E-state index in [0.29, 0.717) is 5.88 Å². The van der Waals surface area contributed by atoms with Gasteiger partial charge in [-0.15, -0.1) is 28.0 Å². The summed E-state index contributed by atoms with van der Waals surface area (Å²) in [7, 11) is 0. The third-order valence-corrected chi connectivity index (χ3v) is 6.06. The number of hydrogen-bond donors (Lipinski definition) is 1. The summed E-state index contributed by atoms with van der Waals surface area (Å²) in [6.07, 6.45) is 0.0376. The third-order valence-electron chi connectivity index (χ3n) is 4.56. The average Bonchev–Trinajstić information content (AvgIpc) is 3.16. The van der Waals surface area contributed by atoms with Gasteiger partial charge in [-0.25, -0.2) is 4.68 Å². The number of carboxylic acids is 1. The van der Waals surface area contributed by atoms with Crippen LogP contribution in [0, 0.1) is 13.8 Å². The molecule has 1 aromatic carbocycles. The molecule has 132 valence electrons. The van der Waals surface area contributed by atoms with Gasteiger partial charge >= 0.3 is 5.97 Å². The van der Waals surface area contributed by atoms with Crippen molar-refractivity contribution in [3.05, 3.63) is 44.6 Å². The van der Waals surface area contributed by atoms with E-state index in [1.807, 2.05) is 43.7 Å². The summed E-state index contributed by atoms with van der Waals surface area (Å²) in [5.41, 5.74) is 4.84. The number of hydrogen-bond acceptors (Lipinski definition) is 4. The summed E-state index contributed by atoms with van der Waals surface area (Å²) in [5.74, 6) is -0.597. The highest BCUT2D eigenvalue weighted by molar-refractivity contribution is 7.12. The number of aryl methyl sites for hydroxylation is 3. The number of alkyl halides is 1. The van der Waals surface area contributed by atoms with Crippen molar-refractivity contribution in [2.24, 2.45) is 0 Å². The summed E-state index contributed by atoms with van der Waals surface area (Å²) in [6, 6.07) is 6.03. The van der Waals surface area contributed by atoms with Crippen molar-refractivity contribution in [3.63, 3.8) is 0 Å². The Balaban J connectivity index is 2.14. The van der Waals surface area contributed by atoms with Gasteiger partial charge in [0.2, 0.25) is 0 Å². The van der Waals surface area contributed by atoms with Crippen LogP contribution in [0.4, 0.5) is 0 Å². The first-order valence-electron chi connectivity index (χ1n) is 8.15. The number of aliphatic carboxylic acids is 1.